The Morgan fingerprint density at radius 3 is 2.33 bits per heavy atom. The molecule has 5 nitrogen and oxygen atoms in total. The Kier molecular flexibility index (Phi) is 5.74. The van der Waals surface area contributed by atoms with Crippen molar-refractivity contribution < 1.29 is 17.6 Å². The van der Waals surface area contributed by atoms with Gasteiger partial charge in [0, 0.05) is 26.2 Å². The zero-order valence-electron chi connectivity index (χ0n) is 15.5. The highest BCUT2D eigenvalue weighted by molar-refractivity contribution is 7.89. The Morgan fingerprint density at radius 2 is 1.67 bits per heavy atom. The Morgan fingerprint density at radius 1 is 1.00 bits per heavy atom. The van der Waals surface area contributed by atoms with Crippen LogP contribution in [0.1, 0.15) is 21.5 Å². The normalized spacial score (nSPS) is 16.4. The van der Waals surface area contributed by atoms with E-state index in [9.17, 15) is 17.6 Å². The molecule has 0 aromatic heterocycles. The van der Waals surface area contributed by atoms with Gasteiger partial charge >= 0.3 is 0 Å². The molecular weight excluding hydrogens is 367 g/mol. The minimum atomic E-state index is -3.54. The summed E-state index contributed by atoms with van der Waals surface area (Å²) < 4.78 is 40.9. The lowest BCUT2D eigenvalue weighted by atomic mass is 10.1. The number of aryl methyl sites for hydroxylation is 2. The summed E-state index contributed by atoms with van der Waals surface area (Å²) in [6.45, 7) is 5.23. The van der Waals surface area contributed by atoms with Crippen LogP contribution in [0.5, 0.6) is 0 Å². The summed E-state index contributed by atoms with van der Waals surface area (Å²) in [7, 11) is -3.54. The van der Waals surface area contributed by atoms with Crippen molar-refractivity contribution in [1.82, 2.24) is 9.21 Å². The van der Waals surface area contributed by atoms with Crippen molar-refractivity contribution in [3.05, 3.63) is 65.0 Å². The molecule has 0 atom stereocenters. The van der Waals surface area contributed by atoms with Crippen LogP contribution in [0.15, 0.2) is 47.4 Å². The number of hydrogen-bond acceptors (Lipinski definition) is 4. The molecule has 0 radical (unpaired) electrons. The van der Waals surface area contributed by atoms with Crippen molar-refractivity contribution in [3.63, 3.8) is 0 Å². The van der Waals surface area contributed by atoms with Crippen molar-refractivity contribution in [2.75, 3.05) is 32.7 Å². The van der Waals surface area contributed by atoms with Crippen LogP contribution in [0, 0.1) is 19.7 Å². The van der Waals surface area contributed by atoms with Crippen LogP contribution >= 0.6 is 0 Å². The SMILES string of the molecule is Cc1cccc(S(=O)(=O)N2CCN(CC(=O)c3cc(C)ccc3F)CC2)c1. The number of hydrogen-bond donors (Lipinski definition) is 0. The van der Waals surface area contributed by atoms with Gasteiger partial charge in [-0.2, -0.15) is 4.31 Å². The monoisotopic (exact) mass is 390 g/mol. The van der Waals surface area contributed by atoms with E-state index in [2.05, 4.69) is 0 Å². The molecule has 0 spiro atoms. The van der Waals surface area contributed by atoms with Crippen LogP contribution in [0.2, 0.25) is 0 Å². The molecule has 1 fully saturated rings. The molecule has 1 aliphatic rings. The van der Waals surface area contributed by atoms with Gasteiger partial charge in [-0.05, 0) is 43.7 Å². The van der Waals surface area contributed by atoms with Crippen LogP contribution in [0.25, 0.3) is 0 Å². The third-order valence-electron chi connectivity index (χ3n) is 4.75. The van der Waals surface area contributed by atoms with Crippen LogP contribution in [0.3, 0.4) is 0 Å². The predicted octanol–water partition coefficient (Wildman–Crippen LogP) is 2.63. The smallest absolute Gasteiger partial charge is 0.243 e. The first-order chi connectivity index (χ1) is 12.8. The lowest BCUT2D eigenvalue weighted by Crippen LogP contribution is -2.49. The lowest BCUT2D eigenvalue weighted by molar-refractivity contribution is 0.0897. The lowest BCUT2D eigenvalue weighted by Gasteiger charge is -2.33. The molecule has 0 N–H and O–H groups in total. The van der Waals surface area contributed by atoms with Gasteiger partial charge < -0.3 is 0 Å². The van der Waals surface area contributed by atoms with Gasteiger partial charge in [0.2, 0.25) is 10.0 Å². The maximum absolute atomic E-state index is 13.9. The van der Waals surface area contributed by atoms with Gasteiger partial charge in [-0.3, -0.25) is 9.69 Å². The van der Waals surface area contributed by atoms with E-state index in [4.69, 9.17) is 0 Å². The van der Waals surface area contributed by atoms with Crippen LogP contribution in [-0.2, 0) is 10.0 Å². The topological polar surface area (TPSA) is 57.7 Å². The number of ketones is 1. The zero-order valence-corrected chi connectivity index (χ0v) is 16.3. The van der Waals surface area contributed by atoms with Crippen molar-refractivity contribution in [1.29, 1.82) is 0 Å². The Hall–Kier alpha value is -2.09. The fourth-order valence-electron chi connectivity index (χ4n) is 3.19. The van der Waals surface area contributed by atoms with E-state index >= 15 is 0 Å². The fraction of sp³-hybridized carbons (Fsp3) is 0.350. The number of rotatable bonds is 5. The number of nitrogens with zero attached hydrogens (tertiary/aromatic N) is 2. The van der Waals surface area contributed by atoms with E-state index in [0.717, 1.165) is 11.1 Å². The first-order valence-electron chi connectivity index (χ1n) is 8.86. The van der Waals surface area contributed by atoms with E-state index in [-0.39, 0.29) is 22.8 Å². The zero-order chi connectivity index (χ0) is 19.6. The van der Waals surface area contributed by atoms with Crippen molar-refractivity contribution in [2.24, 2.45) is 0 Å². The molecule has 1 saturated heterocycles. The first kappa shape index (κ1) is 19.7. The number of carbonyl (C=O) groups excluding carboxylic acids is 1. The summed E-state index contributed by atoms with van der Waals surface area (Å²) in [4.78, 5) is 14.6. The fourth-order valence-corrected chi connectivity index (χ4v) is 4.72. The molecule has 27 heavy (non-hydrogen) atoms. The highest BCUT2D eigenvalue weighted by atomic mass is 32.2. The van der Waals surface area contributed by atoms with E-state index in [0.29, 0.717) is 26.2 Å². The highest BCUT2D eigenvalue weighted by Gasteiger charge is 2.29. The number of Topliss-reactive ketones (excluding diaryl/α,β-unsaturated/α-hetero) is 1. The second-order valence-electron chi connectivity index (χ2n) is 6.90. The molecular formula is C20H23FN2O3S. The van der Waals surface area contributed by atoms with Gasteiger partial charge in [0.1, 0.15) is 5.82 Å². The number of carbonyl (C=O) groups is 1. The minimum Gasteiger partial charge on any atom is -0.293 e. The second-order valence-corrected chi connectivity index (χ2v) is 8.84. The van der Waals surface area contributed by atoms with Gasteiger partial charge in [0.05, 0.1) is 17.0 Å². The average Bonchev–Trinajstić information content (AvgIpc) is 2.64. The Balaban J connectivity index is 1.63. The molecule has 144 valence electrons. The maximum Gasteiger partial charge on any atom is 0.243 e. The Labute approximate surface area is 159 Å². The summed E-state index contributed by atoms with van der Waals surface area (Å²) >= 11 is 0. The molecule has 0 unspecified atom stereocenters. The first-order valence-corrected chi connectivity index (χ1v) is 10.3. The van der Waals surface area contributed by atoms with Gasteiger partial charge in [-0.25, -0.2) is 12.8 Å². The summed E-state index contributed by atoms with van der Waals surface area (Å²) in [5.41, 5.74) is 1.80. The molecule has 0 aliphatic carbocycles. The third kappa shape index (κ3) is 4.43. The summed E-state index contributed by atoms with van der Waals surface area (Å²) in [6.07, 6.45) is 0. The van der Waals surface area contributed by atoms with Crippen LogP contribution < -0.4 is 0 Å². The van der Waals surface area contributed by atoms with Crippen molar-refractivity contribution in [3.8, 4) is 0 Å². The van der Waals surface area contributed by atoms with Crippen LogP contribution in [0.4, 0.5) is 4.39 Å². The minimum absolute atomic E-state index is 0.0820. The average molecular weight is 390 g/mol. The molecule has 1 heterocycles. The van der Waals surface area contributed by atoms with E-state index in [1.54, 1.807) is 30.3 Å². The van der Waals surface area contributed by atoms with Crippen LogP contribution in [-0.4, -0.2) is 56.1 Å². The van der Waals surface area contributed by atoms with E-state index < -0.39 is 15.8 Å². The standard InChI is InChI=1S/C20H23FN2O3S/c1-15-4-3-5-17(12-15)27(25,26)23-10-8-22(9-11-23)14-20(24)18-13-16(2)6-7-19(18)21/h3-7,12-13H,8-11,14H2,1-2H3. The largest absolute Gasteiger partial charge is 0.293 e. The number of sulfonamides is 1. The quantitative estimate of drug-likeness (QED) is 0.737. The summed E-state index contributed by atoms with van der Waals surface area (Å²) in [6, 6.07) is 11.3. The molecule has 0 amide bonds. The molecule has 2 aromatic rings. The number of benzene rings is 2. The number of halogens is 1. The third-order valence-corrected chi connectivity index (χ3v) is 6.64. The Bertz CT molecular complexity index is 951. The highest BCUT2D eigenvalue weighted by Crippen LogP contribution is 2.19. The molecule has 7 heteroatoms. The molecule has 0 saturated carbocycles. The molecule has 2 aromatic carbocycles. The van der Waals surface area contributed by atoms with E-state index in [1.165, 1.54) is 10.4 Å². The van der Waals surface area contributed by atoms with Crippen molar-refractivity contribution >= 4 is 15.8 Å². The number of piperazine rings is 1. The predicted molar refractivity (Wildman–Crippen MR) is 102 cm³/mol. The van der Waals surface area contributed by atoms with Gasteiger partial charge in [-0.1, -0.05) is 23.8 Å². The van der Waals surface area contributed by atoms with Gasteiger partial charge in [0.25, 0.3) is 0 Å². The molecule has 3 rings (SSSR count). The van der Waals surface area contributed by atoms with Crippen molar-refractivity contribution in [2.45, 2.75) is 18.7 Å². The second kappa shape index (κ2) is 7.88. The molecule has 1 aliphatic heterocycles. The maximum atomic E-state index is 13.9. The summed E-state index contributed by atoms with van der Waals surface area (Å²) in [5.74, 6) is -0.808. The summed E-state index contributed by atoms with van der Waals surface area (Å²) in [5, 5.41) is 0. The molecule has 0 bridgehead atoms. The van der Waals surface area contributed by atoms with Gasteiger partial charge in [0.15, 0.2) is 5.78 Å². The van der Waals surface area contributed by atoms with E-state index in [1.807, 2.05) is 24.8 Å². The van der Waals surface area contributed by atoms with Gasteiger partial charge in [-0.15, -0.1) is 0 Å².